The Labute approximate surface area is 204 Å². The van der Waals surface area contributed by atoms with Crippen molar-refractivity contribution in [3.8, 4) is 11.5 Å². The van der Waals surface area contributed by atoms with Crippen LogP contribution in [0.3, 0.4) is 0 Å². The number of Topliss-reactive ketones (excluding diaryl/α,β-unsaturated/α-hetero) is 1. The highest BCUT2D eigenvalue weighted by Gasteiger charge is 2.49. The van der Waals surface area contributed by atoms with Crippen molar-refractivity contribution in [3.05, 3.63) is 76.8 Å². The summed E-state index contributed by atoms with van der Waals surface area (Å²) in [6, 6.07) is 11.3. The van der Waals surface area contributed by atoms with Crippen LogP contribution >= 0.6 is 11.3 Å². The van der Waals surface area contributed by atoms with E-state index in [-0.39, 0.29) is 11.3 Å². The van der Waals surface area contributed by atoms with Crippen LogP contribution in [0.4, 0.5) is 5.13 Å². The van der Waals surface area contributed by atoms with E-state index in [0.29, 0.717) is 41.2 Å². The van der Waals surface area contributed by atoms with E-state index in [1.54, 1.807) is 30.3 Å². The molecule has 1 amide bonds. The number of thiazole rings is 1. The maximum Gasteiger partial charge on any atom is 0.302 e. The third-order valence-electron chi connectivity index (χ3n) is 6.10. The zero-order chi connectivity index (χ0) is 24.3. The number of aliphatic hydroxyl groups is 1. The summed E-state index contributed by atoms with van der Waals surface area (Å²) in [4.78, 5) is 32.6. The van der Waals surface area contributed by atoms with Crippen molar-refractivity contribution in [2.45, 2.75) is 19.9 Å². The van der Waals surface area contributed by atoms with E-state index in [0.717, 1.165) is 21.3 Å². The Morgan fingerprint density at radius 1 is 1.09 bits per heavy atom. The number of carbonyl (C=O) groups is 2. The van der Waals surface area contributed by atoms with Crippen LogP contribution in [0.5, 0.6) is 11.5 Å². The van der Waals surface area contributed by atoms with E-state index < -0.39 is 17.7 Å². The number of ketones is 1. The lowest BCUT2D eigenvalue weighted by atomic mass is 9.99. The Kier molecular flexibility index (Phi) is 4.89. The molecular formula is C26H20N2O6S. The van der Waals surface area contributed by atoms with Gasteiger partial charge in [-0.05, 0) is 61.4 Å². The second-order valence-corrected chi connectivity index (χ2v) is 9.48. The molecule has 9 heteroatoms. The molecule has 1 atom stereocenters. The number of ether oxygens (including phenoxy) is 2. The first kappa shape index (κ1) is 21.4. The summed E-state index contributed by atoms with van der Waals surface area (Å²) in [6.45, 7) is 4.76. The lowest BCUT2D eigenvalue weighted by molar-refractivity contribution is -0.132. The Bertz CT molecular complexity index is 1530. The van der Waals surface area contributed by atoms with Crippen LogP contribution in [0.25, 0.3) is 16.0 Å². The SMILES string of the molecule is Cc1cc(C)c2nc(N3C(=O)C(=O)/C(=C(/O)c4ccc5c(c4)OCCO5)C3c3ccco3)sc2c1. The van der Waals surface area contributed by atoms with Gasteiger partial charge in [0.15, 0.2) is 16.6 Å². The van der Waals surface area contributed by atoms with Crippen LogP contribution in [0.15, 0.2) is 58.7 Å². The highest BCUT2D eigenvalue weighted by atomic mass is 32.1. The number of benzene rings is 2. The molecule has 2 aliphatic rings. The van der Waals surface area contributed by atoms with Gasteiger partial charge in [0.05, 0.1) is 22.1 Å². The molecule has 6 rings (SSSR count). The summed E-state index contributed by atoms with van der Waals surface area (Å²) in [5, 5.41) is 11.6. The molecule has 0 saturated carbocycles. The largest absolute Gasteiger partial charge is 0.507 e. The molecule has 35 heavy (non-hydrogen) atoms. The number of carbonyl (C=O) groups excluding carboxylic acids is 2. The van der Waals surface area contributed by atoms with E-state index in [9.17, 15) is 14.7 Å². The zero-order valence-electron chi connectivity index (χ0n) is 18.9. The van der Waals surface area contributed by atoms with Crippen LogP contribution in [0, 0.1) is 13.8 Å². The number of amides is 1. The van der Waals surface area contributed by atoms with Gasteiger partial charge >= 0.3 is 5.91 Å². The molecule has 4 heterocycles. The number of fused-ring (bicyclic) bond motifs is 2. The third kappa shape index (κ3) is 3.38. The van der Waals surface area contributed by atoms with Crippen LogP contribution in [0.2, 0.25) is 0 Å². The fraction of sp³-hybridized carbons (Fsp3) is 0.192. The van der Waals surface area contributed by atoms with E-state index in [1.807, 2.05) is 26.0 Å². The van der Waals surface area contributed by atoms with Gasteiger partial charge in [0.25, 0.3) is 5.78 Å². The molecule has 176 valence electrons. The van der Waals surface area contributed by atoms with Gasteiger partial charge in [-0.25, -0.2) is 4.98 Å². The Balaban J connectivity index is 1.53. The summed E-state index contributed by atoms with van der Waals surface area (Å²) in [6.07, 6.45) is 1.46. The number of hydrogen-bond donors (Lipinski definition) is 1. The molecular weight excluding hydrogens is 468 g/mol. The molecule has 8 nitrogen and oxygen atoms in total. The summed E-state index contributed by atoms with van der Waals surface area (Å²) in [5.41, 5.74) is 3.08. The highest BCUT2D eigenvalue weighted by Crippen LogP contribution is 2.45. The summed E-state index contributed by atoms with van der Waals surface area (Å²) in [7, 11) is 0. The topological polar surface area (TPSA) is 102 Å². The van der Waals surface area contributed by atoms with Crippen molar-refractivity contribution in [2.75, 3.05) is 18.1 Å². The van der Waals surface area contributed by atoms with Gasteiger partial charge in [-0.3, -0.25) is 14.5 Å². The number of aromatic nitrogens is 1. The van der Waals surface area contributed by atoms with Crippen molar-refractivity contribution < 1.29 is 28.6 Å². The first-order valence-electron chi connectivity index (χ1n) is 11.0. The van der Waals surface area contributed by atoms with Crippen molar-refractivity contribution in [2.24, 2.45) is 0 Å². The molecule has 0 aliphatic carbocycles. The fourth-order valence-electron chi connectivity index (χ4n) is 4.55. The quantitative estimate of drug-likeness (QED) is 0.248. The molecule has 0 spiro atoms. The fourth-order valence-corrected chi connectivity index (χ4v) is 5.72. The number of furan rings is 1. The van der Waals surface area contributed by atoms with Gasteiger partial charge in [0, 0.05) is 5.56 Å². The first-order valence-corrected chi connectivity index (χ1v) is 11.9. The average Bonchev–Trinajstić information content (AvgIpc) is 3.57. The van der Waals surface area contributed by atoms with E-state index in [2.05, 4.69) is 0 Å². The number of rotatable bonds is 3. The number of aryl methyl sites for hydroxylation is 2. The van der Waals surface area contributed by atoms with Crippen molar-refractivity contribution in [1.82, 2.24) is 4.98 Å². The molecule has 1 N–H and O–H groups in total. The van der Waals surface area contributed by atoms with Crippen LogP contribution in [-0.2, 0) is 9.59 Å². The normalized spacial score (nSPS) is 19.0. The average molecular weight is 489 g/mol. The number of nitrogens with zero attached hydrogens (tertiary/aromatic N) is 2. The van der Waals surface area contributed by atoms with Gasteiger partial charge in [-0.1, -0.05) is 17.4 Å². The van der Waals surface area contributed by atoms with Crippen LogP contribution in [0.1, 0.15) is 28.5 Å². The molecule has 1 unspecified atom stereocenters. The van der Waals surface area contributed by atoms with Gasteiger partial charge < -0.3 is 19.0 Å². The number of hydrogen-bond acceptors (Lipinski definition) is 8. The van der Waals surface area contributed by atoms with Crippen LogP contribution in [-0.4, -0.2) is 35.0 Å². The minimum atomic E-state index is -0.972. The molecule has 1 saturated heterocycles. The molecule has 0 radical (unpaired) electrons. The van der Waals surface area contributed by atoms with Crippen molar-refractivity contribution in [3.63, 3.8) is 0 Å². The van der Waals surface area contributed by atoms with E-state index in [4.69, 9.17) is 18.9 Å². The Morgan fingerprint density at radius 3 is 2.66 bits per heavy atom. The van der Waals surface area contributed by atoms with E-state index in [1.165, 1.54) is 22.5 Å². The molecule has 1 fully saturated rings. The predicted molar refractivity (Wildman–Crippen MR) is 130 cm³/mol. The van der Waals surface area contributed by atoms with Crippen LogP contribution < -0.4 is 14.4 Å². The molecule has 2 aliphatic heterocycles. The lowest BCUT2D eigenvalue weighted by Gasteiger charge is -2.21. The summed E-state index contributed by atoms with van der Waals surface area (Å²) < 4.78 is 17.7. The minimum absolute atomic E-state index is 0.0752. The molecule has 2 aromatic heterocycles. The molecule has 4 aromatic rings. The summed E-state index contributed by atoms with van der Waals surface area (Å²) in [5.74, 6) is -0.560. The van der Waals surface area contributed by atoms with Gasteiger partial charge in [-0.2, -0.15) is 0 Å². The number of anilines is 1. The molecule has 0 bridgehead atoms. The second-order valence-electron chi connectivity index (χ2n) is 8.47. The van der Waals surface area contributed by atoms with Gasteiger partial charge in [-0.15, -0.1) is 0 Å². The first-order chi connectivity index (χ1) is 16.9. The third-order valence-corrected chi connectivity index (χ3v) is 7.10. The van der Waals surface area contributed by atoms with E-state index >= 15 is 0 Å². The maximum atomic E-state index is 13.3. The Morgan fingerprint density at radius 2 is 1.89 bits per heavy atom. The maximum absolute atomic E-state index is 13.3. The van der Waals surface area contributed by atoms with Gasteiger partial charge in [0.2, 0.25) is 0 Å². The number of aliphatic hydroxyl groups excluding tert-OH is 1. The lowest BCUT2D eigenvalue weighted by Crippen LogP contribution is -2.29. The standard InChI is InChI=1S/C26H20N2O6S/c1-13-10-14(2)21-19(11-13)35-26(27-21)28-22(17-4-3-7-32-17)20(24(30)25(28)31)23(29)15-5-6-16-18(12-15)34-9-8-33-16/h3-7,10-12,22,29H,8-9H2,1-2H3/b23-20+. The minimum Gasteiger partial charge on any atom is -0.507 e. The second kappa shape index (κ2) is 7.99. The molecule has 2 aromatic carbocycles. The summed E-state index contributed by atoms with van der Waals surface area (Å²) >= 11 is 1.32. The van der Waals surface area contributed by atoms with Gasteiger partial charge in [0.1, 0.15) is 30.8 Å². The predicted octanol–water partition coefficient (Wildman–Crippen LogP) is 4.90. The zero-order valence-corrected chi connectivity index (χ0v) is 19.7. The Hall–Kier alpha value is -4.11. The monoisotopic (exact) mass is 488 g/mol. The highest BCUT2D eigenvalue weighted by molar-refractivity contribution is 7.22. The van der Waals surface area contributed by atoms with Crippen molar-refractivity contribution >= 4 is 44.1 Å². The van der Waals surface area contributed by atoms with Crippen molar-refractivity contribution in [1.29, 1.82) is 0 Å². The smallest absolute Gasteiger partial charge is 0.302 e.